The molecule has 8 heteroatoms. The van der Waals surface area contributed by atoms with Crippen molar-refractivity contribution in [2.75, 3.05) is 6.61 Å². The van der Waals surface area contributed by atoms with Crippen molar-refractivity contribution in [2.24, 2.45) is 0 Å². The van der Waals surface area contributed by atoms with Gasteiger partial charge >= 0.3 is 6.18 Å². The third kappa shape index (κ3) is 2.99. The van der Waals surface area contributed by atoms with Crippen molar-refractivity contribution >= 4 is 18.9 Å². The number of hydrogen-bond acceptors (Lipinski definition) is 3. The molecule has 1 aliphatic carbocycles. The molecule has 0 amide bonds. The SMILES string of the molecule is BCCOc1cc(C(F)(F)F)c2c(c1)nc(C)n2[C@H]1C[C@@](C)(O)C1. The molecule has 0 bridgehead atoms. The maximum atomic E-state index is 13.6. The van der Waals surface area contributed by atoms with E-state index in [1.807, 2.05) is 7.85 Å². The van der Waals surface area contributed by atoms with E-state index in [0.717, 1.165) is 6.07 Å². The lowest BCUT2D eigenvalue weighted by atomic mass is 9.77. The van der Waals surface area contributed by atoms with Crippen LogP contribution >= 0.6 is 0 Å². The highest BCUT2D eigenvalue weighted by Crippen LogP contribution is 2.46. The van der Waals surface area contributed by atoms with E-state index in [9.17, 15) is 18.3 Å². The summed E-state index contributed by atoms with van der Waals surface area (Å²) in [7, 11) is 1.89. The third-order valence-electron chi connectivity index (χ3n) is 4.43. The quantitative estimate of drug-likeness (QED) is 0.871. The number of hydrogen-bond donors (Lipinski definition) is 1. The lowest BCUT2D eigenvalue weighted by Crippen LogP contribution is -2.42. The van der Waals surface area contributed by atoms with Gasteiger partial charge in [0.2, 0.25) is 0 Å². The largest absolute Gasteiger partial charge is 0.494 e. The molecule has 4 nitrogen and oxygen atoms in total. The summed E-state index contributed by atoms with van der Waals surface area (Å²) in [6.45, 7) is 3.74. The fourth-order valence-electron chi connectivity index (χ4n) is 3.43. The minimum atomic E-state index is -4.50. The van der Waals surface area contributed by atoms with Crippen LogP contribution in [0.15, 0.2) is 12.1 Å². The second-order valence-electron chi connectivity index (χ2n) is 6.77. The Kier molecular flexibility index (Phi) is 4.06. The average Bonchev–Trinajstić information content (AvgIpc) is 2.75. The fourth-order valence-corrected chi connectivity index (χ4v) is 3.43. The second-order valence-corrected chi connectivity index (χ2v) is 6.77. The first-order valence-corrected chi connectivity index (χ1v) is 8.07. The smallest absolute Gasteiger partial charge is 0.418 e. The summed E-state index contributed by atoms with van der Waals surface area (Å²) in [5, 5.41) is 9.94. The van der Waals surface area contributed by atoms with Crippen molar-refractivity contribution in [3.63, 3.8) is 0 Å². The molecule has 0 aliphatic heterocycles. The lowest BCUT2D eigenvalue weighted by Gasteiger charge is -2.42. The predicted octanol–water partition coefficient (Wildman–Crippen LogP) is 2.88. The molecule has 130 valence electrons. The molecule has 3 rings (SSSR count). The lowest BCUT2D eigenvalue weighted by molar-refractivity contribution is -0.136. The average molecular weight is 340 g/mol. The molecule has 1 heterocycles. The molecule has 0 spiro atoms. The second kappa shape index (κ2) is 5.69. The zero-order valence-corrected chi connectivity index (χ0v) is 13.9. The van der Waals surface area contributed by atoms with Gasteiger partial charge in [0, 0.05) is 12.1 Å². The van der Waals surface area contributed by atoms with Crippen LogP contribution in [0.1, 0.15) is 37.2 Å². The summed E-state index contributed by atoms with van der Waals surface area (Å²) >= 11 is 0. The minimum absolute atomic E-state index is 0.0735. The minimum Gasteiger partial charge on any atom is -0.494 e. The molecule has 1 fully saturated rings. The highest BCUT2D eigenvalue weighted by Gasteiger charge is 2.43. The standard InChI is InChI=1S/C16H20BF3N2O2/c1-9-21-13-6-11(24-4-3-17)5-12(16(18,19)20)14(13)22(9)10-7-15(2,23)8-10/h5-6,10,23H,3-4,7-8,17H2,1-2H3/t10-,15+. The first-order chi connectivity index (χ1) is 11.1. The van der Waals surface area contributed by atoms with Gasteiger partial charge in [-0.05, 0) is 39.1 Å². The molecule has 2 aromatic rings. The van der Waals surface area contributed by atoms with Gasteiger partial charge in [0.15, 0.2) is 0 Å². The van der Waals surface area contributed by atoms with Crippen LogP contribution in [0.25, 0.3) is 11.0 Å². The number of imidazole rings is 1. The van der Waals surface area contributed by atoms with Gasteiger partial charge in [-0.15, -0.1) is 0 Å². The van der Waals surface area contributed by atoms with Gasteiger partial charge in [0.05, 0.1) is 28.8 Å². The number of aliphatic hydroxyl groups is 1. The van der Waals surface area contributed by atoms with E-state index in [2.05, 4.69) is 4.98 Å². The maximum absolute atomic E-state index is 13.6. The van der Waals surface area contributed by atoms with Crippen LogP contribution in [0, 0.1) is 6.92 Å². The predicted molar refractivity (Wildman–Crippen MR) is 87.2 cm³/mol. The summed E-state index contributed by atoms with van der Waals surface area (Å²) in [5.41, 5.74) is -1.21. The Morgan fingerprint density at radius 1 is 1.42 bits per heavy atom. The maximum Gasteiger partial charge on any atom is 0.418 e. The van der Waals surface area contributed by atoms with Crippen molar-refractivity contribution in [1.29, 1.82) is 0 Å². The molecule has 1 saturated carbocycles. The first-order valence-electron chi connectivity index (χ1n) is 8.07. The van der Waals surface area contributed by atoms with Gasteiger partial charge in [0.25, 0.3) is 0 Å². The van der Waals surface area contributed by atoms with Crippen molar-refractivity contribution < 1.29 is 23.0 Å². The monoisotopic (exact) mass is 340 g/mol. The third-order valence-corrected chi connectivity index (χ3v) is 4.43. The van der Waals surface area contributed by atoms with Gasteiger partial charge in [-0.2, -0.15) is 13.2 Å². The number of aromatic nitrogens is 2. The summed E-state index contributed by atoms with van der Waals surface area (Å²) in [5.74, 6) is 0.700. The number of fused-ring (bicyclic) bond motifs is 1. The number of halogens is 3. The molecule has 0 atom stereocenters. The van der Waals surface area contributed by atoms with Gasteiger partial charge < -0.3 is 14.4 Å². The van der Waals surface area contributed by atoms with Crippen LogP contribution in [-0.4, -0.2) is 34.7 Å². The number of rotatable bonds is 4. The van der Waals surface area contributed by atoms with Crippen molar-refractivity contribution in [2.45, 2.75) is 50.8 Å². The zero-order valence-electron chi connectivity index (χ0n) is 13.9. The Labute approximate surface area is 139 Å². The molecule has 1 aromatic heterocycles. The van der Waals surface area contributed by atoms with Crippen LogP contribution < -0.4 is 4.74 Å². The molecule has 1 N–H and O–H groups in total. The molecule has 1 aliphatic rings. The Bertz CT molecular complexity index is 763. The molecule has 0 saturated heterocycles. The Morgan fingerprint density at radius 2 is 2.08 bits per heavy atom. The Hall–Kier alpha value is -1.70. The van der Waals surface area contributed by atoms with Crippen LogP contribution in [0.3, 0.4) is 0 Å². The van der Waals surface area contributed by atoms with E-state index in [1.165, 1.54) is 0 Å². The summed E-state index contributed by atoms with van der Waals surface area (Å²) in [6.07, 6.45) is -2.94. The summed E-state index contributed by atoms with van der Waals surface area (Å²) < 4.78 is 47.8. The molecular weight excluding hydrogens is 320 g/mol. The normalized spacial score (nSPS) is 24.2. The van der Waals surface area contributed by atoms with Crippen LogP contribution in [-0.2, 0) is 6.18 Å². The van der Waals surface area contributed by atoms with Gasteiger partial charge in [-0.1, -0.05) is 0 Å². The molecular formula is C16H20BF3N2O2. The van der Waals surface area contributed by atoms with Crippen molar-refractivity contribution in [3.8, 4) is 5.75 Å². The molecule has 24 heavy (non-hydrogen) atoms. The van der Waals surface area contributed by atoms with Gasteiger partial charge in [-0.25, -0.2) is 4.98 Å². The van der Waals surface area contributed by atoms with Crippen LogP contribution in [0.4, 0.5) is 13.2 Å². The number of aryl methyl sites for hydroxylation is 1. The first kappa shape index (κ1) is 17.1. The molecule has 0 unspecified atom stereocenters. The number of alkyl halides is 3. The molecule has 1 aromatic carbocycles. The van der Waals surface area contributed by atoms with E-state index >= 15 is 0 Å². The van der Waals surface area contributed by atoms with E-state index in [0.29, 0.717) is 31.6 Å². The zero-order chi connectivity index (χ0) is 17.7. The Morgan fingerprint density at radius 3 is 2.62 bits per heavy atom. The summed E-state index contributed by atoms with van der Waals surface area (Å²) in [6, 6.07) is 2.43. The van der Waals surface area contributed by atoms with Crippen LogP contribution in [0.5, 0.6) is 5.75 Å². The van der Waals surface area contributed by atoms with Crippen molar-refractivity contribution in [1.82, 2.24) is 9.55 Å². The topological polar surface area (TPSA) is 47.3 Å². The van der Waals surface area contributed by atoms with Crippen LogP contribution in [0.2, 0.25) is 6.32 Å². The highest BCUT2D eigenvalue weighted by molar-refractivity contribution is 6.08. The van der Waals surface area contributed by atoms with E-state index in [1.54, 1.807) is 24.5 Å². The van der Waals surface area contributed by atoms with E-state index in [4.69, 9.17) is 4.74 Å². The van der Waals surface area contributed by atoms with Gasteiger partial charge in [-0.3, -0.25) is 0 Å². The number of benzene rings is 1. The van der Waals surface area contributed by atoms with Gasteiger partial charge in [0.1, 0.15) is 19.4 Å². The highest BCUT2D eigenvalue weighted by atomic mass is 19.4. The van der Waals surface area contributed by atoms with Crippen molar-refractivity contribution in [3.05, 3.63) is 23.5 Å². The van der Waals surface area contributed by atoms with E-state index < -0.39 is 17.3 Å². The number of ether oxygens (including phenoxy) is 1. The summed E-state index contributed by atoms with van der Waals surface area (Å²) in [4.78, 5) is 4.31. The fraction of sp³-hybridized carbons (Fsp3) is 0.562. The number of nitrogens with zero attached hydrogens (tertiary/aromatic N) is 2. The molecule has 0 radical (unpaired) electrons. The van der Waals surface area contributed by atoms with E-state index in [-0.39, 0.29) is 22.8 Å². The Balaban J connectivity index is 2.15.